The van der Waals surface area contributed by atoms with Crippen molar-refractivity contribution in [3.05, 3.63) is 95.1 Å². The lowest BCUT2D eigenvalue weighted by Gasteiger charge is -2.09. The third-order valence-corrected chi connectivity index (χ3v) is 4.30. The van der Waals surface area contributed by atoms with Crippen molar-refractivity contribution in [1.29, 1.82) is 0 Å². The molecule has 4 aromatic rings. The Kier molecular flexibility index (Phi) is 4.00. The van der Waals surface area contributed by atoms with E-state index < -0.39 is 0 Å². The summed E-state index contributed by atoms with van der Waals surface area (Å²) in [7, 11) is 0. The number of aromatic nitrogens is 2. The molecule has 0 spiro atoms. The van der Waals surface area contributed by atoms with Crippen LogP contribution in [0.2, 0.25) is 5.02 Å². The van der Waals surface area contributed by atoms with Gasteiger partial charge in [0.15, 0.2) is 5.82 Å². The summed E-state index contributed by atoms with van der Waals surface area (Å²) in [6, 6.07) is 24.1. The number of ketones is 1. The van der Waals surface area contributed by atoms with Crippen molar-refractivity contribution < 1.29 is 4.79 Å². The molecular formula is C21H13ClN2O. The van der Waals surface area contributed by atoms with E-state index in [1.54, 1.807) is 24.3 Å². The standard InChI is InChI=1S/C21H13ClN2O/c22-17-12-6-4-10-15(17)20(25)19-16-11-5-7-13-18(16)23-21(24-19)14-8-2-1-3-9-14/h1-13H. The van der Waals surface area contributed by atoms with Crippen molar-refractivity contribution in [3.63, 3.8) is 0 Å². The Balaban J connectivity index is 1.96. The number of halogens is 1. The molecule has 4 heteroatoms. The summed E-state index contributed by atoms with van der Waals surface area (Å²) < 4.78 is 0. The van der Waals surface area contributed by atoms with Crippen LogP contribution >= 0.6 is 11.6 Å². The lowest BCUT2D eigenvalue weighted by molar-refractivity contribution is 0.103. The largest absolute Gasteiger partial charge is 0.287 e. The average molecular weight is 345 g/mol. The maximum atomic E-state index is 13.1. The Morgan fingerprint density at radius 1 is 0.760 bits per heavy atom. The van der Waals surface area contributed by atoms with Gasteiger partial charge in [-0.25, -0.2) is 9.97 Å². The first-order valence-corrected chi connectivity index (χ1v) is 8.23. The average Bonchev–Trinajstić information content (AvgIpc) is 2.67. The number of rotatable bonds is 3. The molecule has 0 unspecified atom stereocenters. The van der Waals surface area contributed by atoms with Gasteiger partial charge < -0.3 is 0 Å². The molecule has 4 rings (SSSR count). The van der Waals surface area contributed by atoms with E-state index >= 15 is 0 Å². The van der Waals surface area contributed by atoms with Gasteiger partial charge in [-0.3, -0.25) is 4.79 Å². The number of carbonyl (C=O) groups excluding carboxylic acids is 1. The molecule has 0 saturated carbocycles. The molecule has 0 aliphatic carbocycles. The summed E-state index contributed by atoms with van der Waals surface area (Å²) in [5.41, 5.74) is 2.39. The maximum absolute atomic E-state index is 13.1. The van der Waals surface area contributed by atoms with Crippen LogP contribution < -0.4 is 0 Å². The first kappa shape index (κ1) is 15.5. The number of carbonyl (C=O) groups is 1. The fraction of sp³-hybridized carbons (Fsp3) is 0. The molecule has 0 aliphatic rings. The summed E-state index contributed by atoms with van der Waals surface area (Å²) >= 11 is 6.21. The van der Waals surface area contributed by atoms with Crippen molar-refractivity contribution in [3.8, 4) is 11.4 Å². The third-order valence-electron chi connectivity index (χ3n) is 3.97. The zero-order chi connectivity index (χ0) is 17.2. The van der Waals surface area contributed by atoms with E-state index in [0.717, 1.165) is 11.1 Å². The monoisotopic (exact) mass is 344 g/mol. The fourth-order valence-corrected chi connectivity index (χ4v) is 2.96. The third kappa shape index (κ3) is 2.90. The van der Waals surface area contributed by atoms with Crippen LogP contribution in [0, 0.1) is 0 Å². The van der Waals surface area contributed by atoms with Crippen molar-refractivity contribution in [1.82, 2.24) is 9.97 Å². The minimum absolute atomic E-state index is 0.207. The SMILES string of the molecule is O=C(c1ccccc1Cl)c1nc(-c2ccccc2)nc2ccccc12. The molecule has 0 aliphatic heterocycles. The Morgan fingerprint density at radius 2 is 1.44 bits per heavy atom. The van der Waals surface area contributed by atoms with Crippen LogP contribution in [-0.2, 0) is 0 Å². The van der Waals surface area contributed by atoms with Crippen LogP contribution in [-0.4, -0.2) is 15.8 Å². The molecule has 0 fully saturated rings. The Morgan fingerprint density at radius 3 is 2.24 bits per heavy atom. The molecule has 1 aromatic heterocycles. The van der Waals surface area contributed by atoms with Crippen molar-refractivity contribution >= 4 is 28.3 Å². The van der Waals surface area contributed by atoms with E-state index in [9.17, 15) is 4.79 Å². The second-order valence-corrected chi connectivity index (χ2v) is 6.00. The van der Waals surface area contributed by atoms with Crippen molar-refractivity contribution in [2.45, 2.75) is 0 Å². The predicted octanol–water partition coefficient (Wildman–Crippen LogP) is 5.18. The summed E-state index contributed by atoms with van der Waals surface area (Å²) in [6.07, 6.45) is 0. The van der Waals surface area contributed by atoms with Crippen LogP contribution in [0.4, 0.5) is 0 Å². The van der Waals surface area contributed by atoms with E-state index in [-0.39, 0.29) is 5.78 Å². The van der Waals surface area contributed by atoms with Crippen LogP contribution in [0.1, 0.15) is 16.1 Å². The highest BCUT2D eigenvalue weighted by Gasteiger charge is 2.19. The molecule has 3 nitrogen and oxygen atoms in total. The number of nitrogens with zero attached hydrogens (tertiary/aromatic N) is 2. The van der Waals surface area contributed by atoms with Crippen LogP contribution in [0.25, 0.3) is 22.3 Å². The molecule has 0 N–H and O–H groups in total. The molecule has 1 heterocycles. The lowest BCUT2D eigenvalue weighted by Crippen LogP contribution is -2.08. The zero-order valence-electron chi connectivity index (χ0n) is 13.2. The van der Waals surface area contributed by atoms with E-state index in [1.807, 2.05) is 54.6 Å². The second-order valence-electron chi connectivity index (χ2n) is 5.59. The van der Waals surface area contributed by atoms with Gasteiger partial charge in [0.1, 0.15) is 5.69 Å². The van der Waals surface area contributed by atoms with Crippen molar-refractivity contribution in [2.24, 2.45) is 0 Å². The van der Waals surface area contributed by atoms with E-state index in [0.29, 0.717) is 27.5 Å². The number of fused-ring (bicyclic) bond motifs is 1. The molecule has 3 aromatic carbocycles. The molecule has 0 bridgehead atoms. The lowest BCUT2D eigenvalue weighted by atomic mass is 10.0. The smallest absolute Gasteiger partial charge is 0.213 e. The van der Waals surface area contributed by atoms with E-state index in [1.165, 1.54) is 0 Å². The summed E-state index contributed by atoms with van der Waals surface area (Å²) in [4.78, 5) is 22.3. The number of hydrogen-bond donors (Lipinski definition) is 0. The van der Waals surface area contributed by atoms with Crippen LogP contribution in [0.3, 0.4) is 0 Å². The van der Waals surface area contributed by atoms with Gasteiger partial charge in [0.2, 0.25) is 5.78 Å². The fourth-order valence-electron chi connectivity index (χ4n) is 2.74. The Labute approximate surface area is 149 Å². The van der Waals surface area contributed by atoms with Gasteiger partial charge in [0.05, 0.1) is 10.5 Å². The highest BCUT2D eigenvalue weighted by Crippen LogP contribution is 2.25. The van der Waals surface area contributed by atoms with Crippen LogP contribution in [0.15, 0.2) is 78.9 Å². The quantitative estimate of drug-likeness (QED) is 0.481. The summed E-state index contributed by atoms with van der Waals surface area (Å²) in [5.74, 6) is 0.316. The number of benzene rings is 3. The highest BCUT2D eigenvalue weighted by atomic mass is 35.5. The maximum Gasteiger partial charge on any atom is 0.213 e. The molecule has 25 heavy (non-hydrogen) atoms. The summed E-state index contributed by atoms with van der Waals surface area (Å²) in [5, 5.41) is 1.13. The normalized spacial score (nSPS) is 10.8. The minimum Gasteiger partial charge on any atom is -0.287 e. The molecule has 120 valence electrons. The second kappa shape index (κ2) is 6.46. The van der Waals surface area contributed by atoms with Gasteiger partial charge >= 0.3 is 0 Å². The van der Waals surface area contributed by atoms with Crippen molar-refractivity contribution in [2.75, 3.05) is 0 Å². The summed E-state index contributed by atoms with van der Waals surface area (Å²) in [6.45, 7) is 0. The number of para-hydroxylation sites is 1. The van der Waals surface area contributed by atoms with E-state index in [4.69, 9.17) is 11.6 Å². The van der Waals surface area contributed by atoms with Crippen LogP contribution in [0.5, 0.6) is 0 Å². The topological polar surface area (TPSA) is 42.9 Å². The van der Waals surface area contributed by atoms with Gasteiger partial charge in [-0.1, -0.05) is 72.3 Å². The molecule has 0 saturated heterocycles. The van der Waals surface area contributed by atoms with Gasteiger partial charge in [-0.2, -0.15) is 0 Å². The highest BCUT2D eigenvalue weighted by molar-refractivity contribution is 6.35. The minimum atomic E-state index is -0.207. The van der Waals surface area contributed by atoms with Gasteiger partial charge in [0.25, 0.3) is 0 Å². The van der Waals surface area contributed by atoms with E-state index in [2.05, 4.69) is 9.97 Å². The molecular weight excluding hydrogens is 332 g/mol. The van der Waals surface area contributed by atoms with Gasteiger partial charge in [0, 0.05) is 16.5 Å². The zero-order valence-corrected chi connectivity index (χ0v) is 13.9. The first-order valence-electron chi connectivity index (χ1n) is 7.85. The number of hydrogen-bond acceptors (Lipinski definition) is 3. The Bertz CT molecular complexity index is 1080. The first-order chi connectivity index (χ1) is 12.2. The molecule has 0 atom stereocenters. The van der Waals surface area contributed by atoms with Gasteiger partial charge in [-0.05, 0) is 18.2 Å². The predicted molar refractivity (Wildman–Crippen MR) is 99.9 cm³/mol. The molecule has 0 amide bonds. The Hall–Kier alpha value is -3.04. The molecule has 0 radical (unpaired) electrons. The van der Waals surface area contributed by atoms with Gasteiger partial charge in [-0.15, -0.1) is 0 Å².